The molecule has 10 heteroatoms. The van der Waals surface area contributed by atoms with Gasteiger partial charge in [0, 0.05) is 62.5 Å². The maximum absolute atomic E-state index is 13.8. The SMILES string of the molecule is C#Cc1cnc(CC2CCC(N(C(=O)CCc3ccccc3)c3cnc(-c4cnc(CC)nc4)cn3)CC2)nc1N1CC(C)(O)C1. The van der Waals surface area contributed by atoms with Gasteiger partial charge in [0.15, 0.2) is 5.82 Å². The monoisotopic (exact) mass is 616 g/mol. The van der Waals surface area contributed by atoms with Crippen molar-refractivity contribution in [1.29, 1.82) is 0 Å². The van der Waals surface area contributed by atoms with Crippen LogP contribution in [0.1, 0.15) is 68.7 Å². The number of amides is 1. The molecule has 0 bridgehead atoms. The van der Waals surface area contributed by atoms with Gasteiger partial charge in [0.05, 0.1) is 29.3 Å². The normalized spacial score (nSPS) is 18.8. The number of aromatic nitrogens is 6. The third-order valence-corrected chi connectivity index (χ3v) is 8.93. The largest absolute Gasteiger partial charge is 0.386 e. The maximum atomic E-state index is 13.8. The maximum Gasteiger partial charge on any atom is 0.228 e. The van der Waals surface area contributed by atoms with Crippen molar-refractivity contribution >= 4 is 17.5 Å². The lowest BCUT2D eigenvalue weighted by Gasteiger charge is -2.45. The molecule has 1 aliphatic heterocycles. The number of aryl methyl sites for hydroxylation is 2. The zero-order valence-electron chi connectivity index (χ0n) is 26.5. The number of hydrogen-bond acceptors (Lipinski definition) is 9. The topological polar surface area (TPSA) is 121 Å². The van der Waals surface area contributed by atoms with Gasteiger partial charge in [0.1, 0.15) is 17.5 Å². The van der Waals surface area contributed by atoms with Gasteiger partial charge >= 0.3 is 0 Å². The molecule has 2 aliphatic rings. The Morgan fingerprint density at radius 2 is 1.70 bits per heavy atom. The average Bonchev–Trinajstić information content (AvgIpc) is 3.08. The third-order valence-electron chi connectivity index (χ3n) is 8.93. The van der Waals surface area contributed by atoms with E-state index in [0.29, 0.717) is 48.9 Å². The first kappa shape index (κ1) is 31.2. The van der Waals surface area contributed by atoms with E-state index in [9.17, 15) is 9.90 Å². The molecule has 2 fully saturated rings. The second-order valence-electron chi connectivity index (χ2n) is 12.7. The fraction of sp³-hybridized carbons (Fsp3) is 0.417. The highest BCUT2D eigenvalue weighted by Crippen LogP contribution is 2.33. The van der Waals surface area contributed by atoms with Crippen LogP contribution in [0.4, 0.5) is 11.6 Å². The average molecular weight is 617 g/mol. The molecule has 6 rings (SSSR count). The second-order valence-corrected chi connectivity index (χ2v) is 12.7. The van der Waals surface area contributed by atoms with Gasteiger partial charge in [-0.25, -0.2) is 24.9 Å². The Kier molecular flexibility index (Phi) is 9.31. The van der Waals surface area contributed by atoms with Crippen LogP contribution in [0.5, 0.6) is 0 Å². The first-order valence-corrected chi connectivity index (χ1v) is 16.1. The van der Waals surface area contributed by atoms with Crippen LogP contribution in [-0.2, 0) is 24.1 Å². The van der Waals surface area contributed by atoms with Crippen molar-refractivity contribution in [2.75, 3.05) is 22.9 Å². The molecule has 1 aromatic carbocycles. The highest BCUT2D eigenvalue weighted by Gasteiger charge is 2.38. The van der Waals surface area contributed by atoms with Crippen molar-refractivity contribution in [3.05, 3.63) is 84.1 Å². The molecule has 3 aromatic heterocycles. The van der Waals surface area contributed by atoms with Crippen molar-refractivity contribution in [2.45, 2.75) is 76.9 Å². The van der Waals surface area contributed by atoms with E-state index in [1.807, 2.05) is 41.8 Å². The van der Waals surface area contributed by atoms with Crippen LogP contribution in [0.2, 0.25) is 0 Å². The van der Waals surface area contributed by atoms with Crippen molar-refractivity contribution in [2.24, 2.45) is 5.92 Å². The van der Waals surface area contributed by atoms with Gasteiger partial charge < -0.3 is 10.0 Å². The summed E-state index contributed by atoms with van der Waals surface area (Å²) in [7, 11) is 0. The Morgan fingerprint density at radius 1 is 0.978 bits per heavy atom. The van der Waals surface area contributed by atoms with Crippen molar-refractivity contribution in [3.8, 4) is 23.6 Å². The van der Waals surface area contributed by atoms with Crippen LogP contribution in [0.3, 0.4) is 0 Å². The fourth-order valence-corrected chi connectivity index (χ4v) is 6.44. The molecule has 46 heavy (non-hydrogen) atoms. The highest BCUT2D eigenvalue weighted by atomic mass is 16.3. The lowest BCUT2D eigenvalue weighted by Crippen LogP contribution is -2.60. The molecule has 4 aromatic rings. The summed E-state index contributed by atoms with van der Waals surface area (Å²) in [6, 6.07) is 10.1. The van der Waals surface area contributed by atoms with Gasteiger partial charge in [-0.3, -0.25) is 14.7 Å². The molecule has 4 heterocycles. The quantitative estimate of drug-likeness (QED) is 0.255. The Balaban J connectivity index is 1.15. The Hall–Kier alpha value is -4.75. The van der Waals surface area contributed by atoms with Crippen LogP contribution in [0, 0.1) is 18.3 Å². The van der Waals surface area contributed by atoms with E-state index in [0.717, 1.165) is 67.1 Å². The molecule has 0 unspecified atom stereocenters. The zero-order valence-corrected chi connectivity index (χ0v) is 26.5. The number of rotatable bonds is 10. The summed E-state index contributed by atoms with van der Waals surface area (Å²) in [5, 5.41) is 10.2. The minimum absolute atomic E-state index is 0.0236. The Bertz CT molecular complexity index is 1670. The van der Waals surface area contributed by atoms with Gasteiger partial charge in [-0.2, -0.15) is 0 Å². The van der Waals surface area contributed by atoms with Gasteiger partial charge in [-0.15, -0.1) is 6.42 Å². The predicted molar refractivity (Wildman–Crippen MR) is 177 cm³/mol. The third kappa shape index (κ3) is 7.21. The van der Waals surface area contributed by atoms with Gasteiger partial charge in [-0.1, -0.05) is 43.2 Å². The molecular weight excluding hydrogens is 576 g/mol. The molecular formula is C36H40N8O2. The number of benzene rings is 1. The fourth-order valence-electron chi connectivity index (χ4n) is 6.44. The molecule has 1 aliphatic carbocycles. The smallest absolute Gasteiger partial charge is 0.228 e. The van der Waals surface area contributed by atoms with Crippen molar-refractivity contribution < 1.29 is 9.90 Å². The van der Waals surface area contributed by atoms with Crippen molar-refractivity contribution in [1.82, 2.24) is 29.9 Å². The summed E-state index contributed by atoms with van der Waals surface area (Å²) in [5.74, 6) is 5.95. The lowest BCUT2D eigenvalue weighted by molar-refractivity contribution is -0.119. The van der Waals surface area contributed by atoms with E-state index in [2.05, 4.69) is 38.0 Å². The number of terminal acetylenes is 1. The summed E-state index contributed by atoms with van der Waals surface area (Å²) < 4.78 is 0. The Morgan fingerprint density at radius 3 is 2.33 bits per heavy atom. The molecule has 1 N–H and O–H groups in total. The first-order valence-electron chi connectivity index (χ1n) is 16.1. The minimum Gasteiger partial charge on any atom is -0.386 e. The van der Waals surface area contributed by atoms with Gasteiger partial charge in [-0.05, 0) is 50.5 Å². The molecule has 1 saturated carbocycles. The molecule has 236 valence electrons. The molecule has 0 atom stereocenters. The molecule has 10 nitrogen and oxygen atoms in total. The van der Waals surface area contributed by atoms with Crippen LogP contribution in [-0.4, -0.2) is 65.6 Å². The van der Waals surface area contributed by atoms with E-state index in [1.54, 1.807) is 31.0 Å². The first-order chi connectivity index (χ1) is 22.3. The second kappa shape index (κ2) is 13.7. The van der Waals surface area contributed by atoms with E-state index >= 15 is 0 Å². The van der Waals surface area contributed by atoms with E-state index in [-0.39, 0.29) is 11.9 Å². The number of carbonyl (C=O) groups excluding carboxylic acids is 1. The van der Waals surface area contributed by atoms with E-state index in [4.69, 9.17) is 16.4 Å². The van der Waals surface area contributed by atoms with Crippen LogP contribution in [0.25, 0.3) is 11.3 Å². The molecule has 0 radical (unpaired) electrons. The highest BCUT2D eigenvalue weighted by molar-refractivity contribution is 5.93. The summed E-state index contributed by atoms with van der Waals surface area (Å²) in [6.45, 7) is 4.83. The van der Waals surface area contributed by atoms with Crippen LogP contribution in [0.15, 0.2) is 61.3 Å². The Labute approximate surface area is 270 Å². The van der Waals surface area contributed by atoms with E-state index < -0.39 is 5.60 Å². The number of β-amino-alcohol motifs (C(OH)–C–C–N with tert-alkyl or cyclic N) is 1. The standard InChI is InChI=1S/C36H40N8O2/c1-4-27-18-40-32(42-35(27)43-23-36(3,46)24-43)17-26-11-14-29(15-12-26)44(34(45)16-13-25-9-7-6-8-10-25)33-22-37-30(21-41-33)28-19-38-31(5-2)39-20-28/h1,6-10,18-22,26,29,46H,5,11-17,23-24H2,2-3H3. The summed E-state index contributed by atoms with van der Waals surface area (Å²) in [5.41, 5.74) is 2.51. The number of anilines is 2. The van der Waals surface area contributed by atoms with Gasteiger partial charge in [0.25, 0.3) is 0 Å². The zero-order chi connectivity index (χ0) is 32.1. The number of carbonyl (C=O) groups is 1. The number of hydrogen-bond donors (Lipinski definition) is 1. The van der Waals surface area contributed by atoms with Gasteiger partial charge in [0.2, 0.25) is 5.91 Å². The minimum atomic E-state index is -0.723. The summed E-state index contributed by atoms with van der Waals surface area (Å²) >= 11 is 0. The molecule has 1 amide bonds. The lowest BCUT2D eigenvalue weighted by atomic mass is 9.83. The molecule has 1 saturated heterocycles. The number of nitrogens with zero attached hydrogens (tertiary/aromatic N) is 8. The predicted octanol–water partition coefficient (Wildman–Crippen LogP) is 4.61. The van der Waals surface area contributed by atoms with Crippen LogP contribution >= 0.6 is 0 Å². The number of aliphatic hydroxyl groups is 1. The van der Waals surface area contributed by atoms with E-state index in [1.165, 1.54) is 0 Å². The van der Waals surface area contributed by atoms with Crippen LogP contribution < -0.4 is 9.80 Å². The van der Waals surface area contributed by atoms with Crippen molar-refractivity contribution in [3.63, 3.8) is 0 Å². The molecule has 0 spiro atoms. The summed E-state index contributed by atoms with van der Waals surface area (Å²) in [6.07, 6.45) is 20.5. The summed E-state index contributed by atoms with van der Waals surface area (Å²) in [4.78, 5) is 45.3.